The van der Waals surface area contributed by atoms with E-state index in [1.165, 1.54) is 28.0 Å². The fraction of sp³-hybridized carbons (Fsp3) is 0. The second-order valence-corrected chi connectivity index (χ2v) is 4.13. The lowest BCUT2D eigenvalue weighted by atomic mass is 10.1. The van der Waals surface area contributed by atoms with Crippen molar-refractivity contribution in [1.82, 2.24) is 0 Å². The Kier molecular flexibility index (Phi) is 2.26. The van der Waals surface area contributed by atoms with Crippen molar-refractivity contribution >= 4 is 5.52 Å². The van der Waals surface area contributed by atoms with Gasteiger partial charge in [-0.3, -0.25) is 0 Å². The zero-order valence-corrected chi connectivity index (χ0v) is 10.7. The molecular formula is C15H10BrN. The van der Waals surface area contributed by atoms with Crippen LogP contribution >= 0.6 is 0 Å². The highest BCUT2D eigenvalue weighted by Crippen LogP contribution is 2.34. The van der Waals surface area contributed by atoms with Crippen molar-refractivity contribution < 1.29 is 21.4 Å². The van der Waals surface area contributed by atoms with Gasteiger partial charge in [-0.25, -0.2) is 0 Å². The first-order chi connectivity index (χ1) is 7.95. The second-order valence-electron chi connectivity index (χ2n) is 4.13. The van der Waals surface area contributed by atoms with Crippen LogP contribution in [0.4, 0.5) is 0 Å². The molecule has 82 valence electrons. The van der Waals surface area contributed by atoms with Crippen LogP contribution in [0.15, 0.2) is 60.7 Å². The Morgan fingerprint density at radius 1 is 0.588 bits per heavy atom. The molecule has 17 heavy (non-hydrogen) atoms. The third kappa shape index (κ3) is 1.28. The summed E-state index contributed by atoms with van der Waals surface area (Å²) < 4.78 is 2.32. The zero-order valence-electron chi connectivity index (χ0n) is 9.10. The molecule has 0 aliphatic carbocycles. The van der Waals surface area contributed by atoms with Crippen molar-refractivity contribution in [2.75, 3.05) is 0 Å². The summed E-state index contributed by atoms with van der Waals surface area (Å²) in [6, 6.07) is 21.5. The van der Waals surface area contributed by atoms with E-state index in [1.54, 1.807) is 0 Å². The monoisotopic (exact) mass is 283 g/mol. The van der Waals surface area contributed by atoms with Gasteiger partial charge in [-0.05, 0) is 24.3 Å². The highest BCUT2D eigenvalue weighted by atomic mass is 79.9. The average Bonchev–Trinajstić information content (AvgIpc) is 2.68. The third-order valence-electron chi connectivity index (χ3n) is 3.26. The minimum atomic E-state index is 0. The summed E-state index contributed by atoms with van der Waals surface area (Å²) in [5.74, 6) is 0. The Bertz CT molecular complexity index is 661. The van der Waals surface area contributed by atoms with Crippen LogP contribution in [0.1, 0.15) is 0 Å². The van der Waals surface area contributed by atoms with Crippen molar-refractivity contribution in [3.05, 3.63) is 60.7 Å². The van der Waals surface area contributed by atoms with Gasteiger partial charge in [-0.2, -0.15) is 4.40 Å². The van der Waals surface area contributed by atoms with E-state index < -0.39 is 0 Å². The molecule has 0 spiro atoms. The first-order valence-electron chi connectivity index (χ1n) is 5.49. The van der Waals surface area contributed by atoms with Crippen molar-refractivity contribution in [2.24, 2.45) is 0 Å². The van der Waals surface area contributed by atoms with Crippen LogP contribution in [-0.2, 0) is 0 Å². The Balaban J connectivity index is 0.000000902. The van der Waals surface area contributed by atoms with Crippen LogP contribution in [0.5, 0.6) is 0 Å². The minimum Gasteiger partial charge on any atom is -1.00 e. The molecule has 3 aromatic rings. The molecule has 0 atom stereocenters. The molecule has 4 rings (SSSR count). The molecule has 0 unspecified atom stereocenters. The molecule has 2 heteroatoms. The lowest BCUT2D eigenvalue weighted by Crippen LogP contribution is -3.00. The van der Waals surface area contributed by atoms with Gasteiger partial charge in [0.2, 0.25) is 16.9 Å². The van der Waals surface area contributed by atoms with Gasteiger partial charge in [0, 0.05) is 24.3 Å². The van der Waals surface area contributed by atoms with Crippen LogP contribution in [0.2, 0.25) is 0 Å². The summed E-state index contributed by atoms with van der Waals surface area (Å²) in [5.41, 5.74) is 6.51. The molecule has 0 saturated carbocycles. The van der Waals surface area contributed by atoms with E-state index in [-0.39, 0.29) is 17.0 Å². The Hall–Kier alpha value is -1.67. The number of hydrogen-bond acceptors (Lipinski definition) is 0. The van der Waals surface area contributed by atoms with E-state index in [2.05, 4.69) is 65.1 Å². The maximum atomic E-state index is 2.32. The summed E-state index contributed by atoms with van der Waals surface area (Å²) in [6.45, 7) is 0. The summed E-state index contributed by atoms with van der Waals surface area (Å²) in [7, 11) is 0. The normalized spacial score (nSPS) is 11.1. The number of halogens is 1. The van der Waals surface area contributed by atoms with Crippen LogP contribution < -0.4 is 21.4 Å². The molecular weight excluding hydrogens is 274 g/mol. The van der Waals surface area contributed by atoms with E-state index in [0.29, 0.717) is 0 Å². The number of nitrogens with zero attached hydrogens (tertiary/aromatic N) is 1. The van der Waals surface area contributed by atoms with Gasteiger partial charge in [0.05, 0.1) is 11.1 Å². The van der Waals surface area contributed by atoms with Crippen LogP contribution in [-0.4, -0.2) is 0 Å². The number of aromatic nitrogens is 1. The Morgan fingerprint density at radius 2 is 1.12 bits per heavy atom. The molecule has 0 amide bonds. The fourth-order valence-corrected chi connectivity index (χ4v) is 2.59. The van der Waals surface area contributed by atoms with Gasteiger partial charge in [0.1, 0.15) is 0 Å². The largest absolute Gasteiger partial charge is 1.00 e. The first kappa shape index (κ1) is 10.5. The predicted octanol–water partition coefficient (Wildman–Crippen LogP) is 0.0767. The topological polar surface area (TPSA) is 4.10 Å². The molecule has 0 N–H and O–H groups in total. The number of rotatable bonds is 0. The van der Waals surface area contributed by atoms with Gasteiger partial charge in [0.15, 0.2) is 0 Å². The van der Waals surface area contributed by atoms with E-state index in [0.717, 1.165) is 0 Å². The van der Waals surface area contributed by atoms with Crippen LogP contribution in [0.3, 0.4) is 0 Å². The molecule has 0 bridgehead atoms. The minimum absolute atomic E-state index is 0. The molecule has 1 aliphatic rings. The molecule has 0 fully saturated rings. The molecule has 1 aliphatic heterocycles. The highest BCUT2D eigenvalue weighted by molar-refractivity contribution is 5.82. The summed E-state index contributed by atoms with van der Waals surface area (Å²) in [6.07, 6.45) is 0. The lowest BCUT2D eigenvalue weighted by Gasteiger charge is -1.92. The van der Waals surface area contributed by atoms with E-state index >= 15 is 0 Å². The number of pyridine rings is 2. The van der Waals surface area contributed by atoms with E-state index in [9.17, 15) is 0 Å². The zero-order chi connectivity index (χ0) is 10.5. The van der Waals surface area contributed by atoms with Gasteiger partial charge in [-0.1, -0.05) is 12.1 Å². The SMILES string of the molecule is [Br-].c1ccc2c(c1)-c1cccc3cccc-2[n+]13. The summed E-state index contributed by atoms with van der Waals surface area (Å²) in [4.78, 5) is 0. The maximum Gasteiger partial charge on any atom is 0.219 e. The summed E-state index contributed by atoms with van der Waals surface area (Å²) >= 11 is 0. The van der Waals surface area contributed by atoms with Gasteiger partial charge >= 0.3 is 0 Å². The van der Waals surface area contributed by atoms with Crippen LogP contribution in [0, 0.1) is 0 Å². The second kappa shape index (κ2) is 3.67. The van der Waals surface area contributed by atoms with E-state index in [4.69, 9.17) is 0 Å². The quantitative estimate of drug-likeness (QED) is 0.403. The Morgan fingerprint density at radius 3 is 1.65 bits per heavy atom. The van der Waals surface area contributed by atoms with Crippen molar-refractivity contribution in [2.45, 2.75) is 0 Å². The van der Waals surface area contributed by atoms with Gasteiger partial charge in [0.25, 0.3) is 0 Å². The lowest BCUT2D eigenvalue weighted by molar-refractivity contribution is -0.483. The molecule has 3 heterocycles. The van der Waals surface area contributed by atoms with Gasteiger partial charge in [-0.15, -0.1) is 0 Å². The van der Waals surface area contributed by atoms with Crippen molar-refractivity contribution in [3.8, 4) is 22.5 Å². The molecule has 1 nitrogen and oxygen atoms in total. The fourth-order valence-electron chi connectivity index (χ4n) is 2.59. The maximum absolute atomic E-state index is 2.32. The molecule has 1 aromatic carbocycles. The Labute approximate surface area is 110 Å². The predicted molar refractivity (Wildman–Crippen MR) is 64.0 cm³/mol. The number of benzene rings is 1. The number of hydrogen-bond donors (Lipinski definition) is 0. The standard InChI is InChI=1S/C15H10N.BrH/c1-2-8-13-12(7-1)14-9-3-5-11-6-4-10-15(13)16(11)14;/h1-10H;1H/q+1;/p-1. The highest BCUT2D eigenvalue weighted by Gasteiger charge is 2.28. The van der Waals surface area contributed by atoms with Gasteiger partial charge < -0.3 is 17.0 Å². The number of fused-ring (bicyclic) bond motifs is 3. The first-order valence-corrected chi connectivity index (χ1v) is 5.49. The average molecular weight is 284 g/mol. The van der Waals surface area contributed by atoms with Crippen LogP contribution in [0.25, 0.3) is 28.0 Å². The van der Waals surface area contributed by atoms with Crippen molar-refractivity contribution in [3.63, 3.8) is 0 Å². The van der Waals surface area contributed by atoms with E-state index in [1.807, 2.05) is 0 Å². The third-order valence-corrected chi connectivity index (χ3v) is 3.26. The smallest absolute Gasteiger partial charge is 0.219 e. The molecule has 2 aromatic heterocycles. The summed E-state index contributed by atoms with van der Waals surface area (Å²) in [5, 5.41) is 0. The molecule has 0 radical (unpaired) electrons. The van der Waals surface area contributed by atoms with Crippen molar-refractivity contribution in [1.29, 1.82) is 0 Å². The molecule has 0 saturated heterocycles.